The largest absolute Gasteiger partial charge is 0.507 e. The van der Waals surface area contributed by atoms with Gasteiger partial charge in [-0.25, -0.2) is 0 Å². The molecule has 0 unspecified atom stereocenters. The molecular weight excluding hydrogens is 426 g/mol. The molecule has 5 aromatic carbocycles. The van der Waals surface area contributed by atoms with Crippen molar-refractivity contribution >= 4 is 22.2 Å². The fourth-order valence-electron chi connectivity index (χ4n) is 4.36. The number of fused-ring (bicyclic) bond motifs is 1. The number of phenolic OH excluding ortho intramolecular Hbond substituents is 1. The van der Waals surface area contributed by atoms with Crippen LogP contribution in [0, 0.1) is 10.1 Å². The number of carbonyl (C=O) groups is 1. The van der Waals surface area contributed by atoms with E-state index < -0.39 is 10.7 Å². The third-order valence-corrected chi connectivity index (χ3v) is 5.87. The number of rotatable bonds is 5. The quantitative estimate of drug-likeness (QED) is 0.179. The average molecular weight is 445 g/mol. The molecule has 0 heterocycles. The number of phenols is 1. The molecule has 5 heteroatoms. The van der Waals surface area contributed by atoms with Gasteiger partial charge in [0.2, 0.25) is 0 Å². The zero-order chi connectivity index (χ0) is 23.7. The van der Waals surface area contributed by atoms with Crippen molar-refractivity contribution in [2.75, 3.05) is 0 Å². The number of benzene rings is 5. The lowest BCUT2D eigenvalue weighted by molar-refractivity contribution is -0.383. The van der Waals surface area contributed by atoms with Crippen molar-refractivity contribution in [3.05, 3.63) is 130 Å². The van der Waals surface area contributed by atoms with Crippen LogP contribution < -0.4 is 0 Å². The van der Waals surface area contributed by atoms with E-state index in [1.54, 1.807) is 66.7 Å². The van der Waals surface area contributed by atoms with E-state index in [9.17, 15) is 20.0 Å². The van der Waals surface area contributed by atoms with Gasteiger partial charge < -0.3 is 5.11 Å². The predicted molar refractivity (Wildman–Crippen MR) is 133 cm³/mol. The summed E-state index contributed by atoms with van der Waals surface area (Å²) in [6, 6.07) is 31.6. The second kappa shape index (κ2) is 8.64. The molecule has 0 spiro atoms. The topological polar surface area (TPSA) is 80.4 Å². The van der Waals surface area contributed by atoms with Crippen molar-refractivity contribution in [3.63, 3.8) is 0 Å². The summed E-state index contributed by atoms with van der Waals surface area (Å²) >= 11 is 0. The van der Waals surface area contributed by atoms with Crippen molar-refractivity contribution < 1.29 is 14.8 Å². The minimum absolute atomic E-state index is 0.0889. The van der Waals surface area contributed by atoms with Crippen molar-refractivity contribution in [2.45, 2.75) is 0 Å². The normalized spacial score (nSPS) is 10.8. The van der Waals surface area contributed by atoms with Crippen LogP contribution in [-0.2, 0) is 0 Å². The Morgan fingerprint density at radius 3 is 2.00 bits per heavy atom. The Kier molecular flexibility index (Phi) is 5.36. The Bertz CT molecular complexity index is 1540. The summed E-state index contributed by atoms with van der Waals surface area (Å²) in [5.74, 6) is -0.780. The molecule has 0 fully saturated rings. The summed E-state index contributed by atoms with van der Waals surface area (Å²) in [6.07, 6.45) is 0. The molecule has 5 rings (SSSR count). The van der Waals surface area contributed by atoms with Gasteiger partial charge in [0.15, 0.2) is 5.78 Å². The molecule has 0 aliphatic carbocycles. The highest BCUT2D eigenvalue weighted by Crippen LogP contribution is 2.46. The summed E-state index contributed by atoms with van der Waals surface area (Å²) in [6.45, 7) is 0. The maximum Gasteiger partial charge on any atom is 0.285 e. The van der Waals surface area contributed by atoms with Gasteiger partial charge in [0.1, 0.15) is 5.75 Å². The van der Waals surface area contributed by atoms with Gasteiger partial charge in [-0.05, 0) is 28.0 Å². The van der Waals surface area contributed by atoms with Gasteiger partial charge in [-0.3, -0.25) is 14.9 Å². The molecule has 0 saturated heterocycles. The Balaban J connectivity index is 1.87. The molecule has 0 bridgehead atoms. The van der Waals surface area contributed by atoms with Gasteiger partial charge in [-0.2, -0.15) is 0 Å². The van der Waals surface area contributed by atoms with E-state index in [4.69, 9.17) is 0 Å². The summed E-state index contributed by atoms with van der Waals surface area (Å²) in [5, 5.41) is 25.2. The first-order valence-electron chi connectivity index (χ1n) is 10.7. The first-order valence-corrected chi connectivity index (χ1v) is 10.7. The molecule has 5 aromatic rings. The third-order valence-electron chi connectivity index (χ3n) is 5.87. The van der Waals surface area contributed by atoms with Crippen LogP contribution in [-0.4, -0.2) is 15.8 Å². The zero-order valence-corrected chi connectivity index (χ0v) is 18.0. The van der Waals surface area contributed by atoms with E-state index in [0.717, 1.165) is 5.39 Å². The maximum atomic E-state index is 13.9. The van der Waals surface area contributed by atoms with Crippen molar-refractivity contribution in [1.82, 2.24) is 0 Å². The number of nitrogens with zero attached hydrogens (tertiary/aromatic N) is 1. The standard InChI is InChI=1S/C29H19NO4/c31-25-18-24(20-10-3-1-4-11-20)28(30(33)34)26(21-13-5-2-6-14-21)27(25)29(32)23-17-9-15-19-12-7-8-16-22(19)23/h1-18,31H. The Morgan fingerprint density at radius 1 is 0.735 bits per heavy atom. The molecule has 5 nitrogen and oxygen atoms in total. The Morgan fingerprint density at radius 2 is 1.32 bits per heavy atom. The van der Waals surface area contributed by atoms with Gasteiger partial charge in [-0.15, -0.1) is 0 Å². The second-order valence-electron chi connectivity index (χ2n) is 7.89. The number of ketones is 1. The van der Waals surface area contributed by atoms with E-state index in [-0.39, 0.29) is 28.1 Å². The fraction of sp³-hybridized carbons (Fsp3) is 0. The number of hydrogen-bond acceptors (Lipinski definition) is 4. The Hall–Kier alpha value is -4.77. The van der Waals surface area contributed by atoms with E-state index in [1.165, 1.54) is 6.07 Å². The first kappa shape index (κ1) is 21.1. The number of nitro benzene ring substituents is 1. The number of hydrogen-bond donors (Lipinski definition) is 1. The van der Waals surface area contributed by atoms with Gasteiger partial charge in [-0.1, -0.05) is 103 Å². The molecule has 0 aromatic heterocycles. The van der Waals surface area contributed by atoms with Crippen LogP contribution in [0.3, 0.4) is 0 Å². The van der Waals surface area contributed by atoms with E-state index in [0.29, 0.717) is 22.1 Å². The lowest BCUT2D eigenvalue weighted by Crippen LogP contribution is -2.08. The van der Waals surface area contributed by atoms with E-state index in [1.807, 2.05) is 36.4 Å². The first-order chi connectivity index (χ1) is 16.6. The van der Waals surface area contributed by atoms with Crippen LogP contribution in [0.5, 0.6) is 5.75 Å². The molecule has 0 atom stereocenters. The molecule has 164 valence electrons. The third kappa shape index (κ3) is 3.59. The molecule has 0 aliphatic rings. The van der Waals surface area contributed by atoms with Crippen LogP contribution >= 0.6 is 0 Å². The maximum absolute atomic E-state index is 13.9. The molecule has 0 saturated carbocycles. The number of carbonyl (C=O) groups excluding carboxylic acids is 1. The summed E-state index contributed by atoms with van der Waals surface area (Å²) in [4.78, 5) is 25.9. The van der Waals surface area contributed by atoms with Gasteiger partial charge in [0.25, 0.3) is 5.69 Å². The van der Waals surface area contributed by atoms with Crippen LogP contribution in [0.25, 0.3) is 33.0 Å². The molecule has 34 heavy (non-hydrogen) atoms. The number of nitro groups is 1. The van der Waals surface area contributed by atoms with E-state index in [2.05, 4.69) is 0 Å². The molecule has 0 aliphatic heterocycles. The van der Waals surface area contributed by atoms with Crippen molar-refractivity contribution in [3.8, 4) is 28.0 Å². The minimum atomic E-state index is -0.482. The van der Waals surface area contributed by atoms with Crippen molar-refractivity contribution in [2.24, 2.45) is 0 Å². The fourth-order valence-corrected chi connectivity index (χ4v) is 4.36. The molecule has 0 radical (unpaired) electrons. The van der Waals surface area contributed by atoms with Crippen LogP contribution in [0.2, 0.25) is 0 Å². The number of aromatic hydroxyl groups is 1. The zero-order valence-electron chi connectivity index (χ0n) is 18.0. The predicted octanol–water partition coefficient (Wildman–Crippen LogP) is 7.02. The summed E-state index contributed by atoms with van der Waals surface area (Å²) in [7, 11) is 0. The smallest absolute Gasteiger partial charge is 0.285 e. The van der Waals surface area contributed by atoms with Gasteiger partial charge in [0.05, 0.1) is 21.6 Å². The molecule has 1 N–H and O–H groups in total. The SMILES string of the molecule is O=C(c1c(O)cc(-c2ccccc2)c([N+](=O)[O-])c1-c1ccccc1)c1cccc2ccccc12. The van der Waals surface area contributed by atoms with Crippen LogP contribution in [0.4, 0.5) is 5.69 Å². The van der Waals surface area contributed by atoms with Gasteiger partial charge in [0, 0.05) is 5.56 Å². The lowest BCUT2D eigenvalue weighted by atomic mass is 9.87. The highest BCUT2D eigenvalue weighted by Gasteiger charge is 2.32. The second-order valence-corrected chi connectivity index (χ2v) is 7.89. The monoisotopic (exact) mass is 445 g/mol. The highest BCUT2D eigenvalue weighted by molar-refractivity contribution is 6.21. The lowest BCUT2D eigenvalue weighted by Gasteiger charge is -2.16. The van der Waals surface area contributed by atoms with Crippen LogP contribution in [0.1, 0.15) is 15.9 Å². The molecule has 0 amide bonds. The van der Waals surface area contributed by atoms with Crippen LogP contribution in [0.15, 0.2) is 109 Å². The van der Waals surface area contributed by atoms with Gasteiger partial charge >= 0.3 is 0 Å². The minimum Gasteiger partial charge on any atom is -0.507 e. The van der Waals surface area contributed by atoms with E-state index >= 15 is 0 Å². The average Bonchev–Trinajstić information content (AvgIpc) is 2.88. The molecular formula is C29H19NO4. The van der Waals surface area contributed by atoms with Crippen molar-refractivity contribution in [1.29, 1.82) is 0 Å². The highest BCUT2D eigenvalue weighted by atomic mass is 16.6. The summed E-state index contributed by atoms with van der Waals surface area (Å²) in [5.41, 5.74) is 1.45. The Labute approximate surface area is 195 Å². The summed E-state index contributed by atoms with van der Waals surface area (Å²) < 4.78 is 0.